The van der Waals surface area contributed by atoms with Gasteiger partial charge in [-0.3, -0.25) is 14.5 Å². The predicted octanol–water partition coefficient (Wildman–Crippen LogP) is 3.04. The second-order valence-electron chi connectivity index (χ2n) is 4.28. The average Bonchev–Trinajstić information content (AvgIpc) is 2.41. The van der Waals surface area contributed by atoms with Crippen LogP contribution in [0.15, 0.2) is 27.1 Å². The van der Waals surface area contributed by atoms with Gasteiger partial charge in [0, 0.05) is 8.95 Å². The smallest absolute Gasteiger partial charge is 0.320 e. The van der Waals surface area contributed by atoms with Crippen molar-refractivity contribution < 1.29 is 14.3 Å². The Morgan fingerprint density at radius 2 is 1.95 bits per heavy atom. The van der Waals surface area contributed by atoms with Gasteiger partial charge in [-0.05, 0) is 47.6 Å². The SMILES string of the molecule is CCOC(=O)CN(CC)CC(=O)Nc1ccc(Br)cc1Br. The fourth-order valence-corrected chi connectivity index (χ4v) is 2.80. The Hall–Kier alpha value is -0.920. The number of esters is 1. The van der Waals surface area contributed by atoms with E-state index in [0.717, 1.165) is 8.95 Å². The Morgan fingerprint density at radius 1 is 1.24 bits per heavy atom. The molecule has 0 aromatic heterocycles. The maximum atomic E-state index is 12.0. The Labute approximate surface area is 141 Å². The van der Waals surface area contributed by atoms with Crippen molar-refractivity contribution in [3.05, 3.63) is 27.1 Å². The number of likely N-dealkylation sites (N-methyl/N-ethyl adjacent to an activating group) is 1. The van der Waals surface area contributed by atoms with Crippen LogP contribution in [0.3, 0.4) is 0 Å². The molecule has 0 aliphatic heterocycles. The van der Waals surface area contributed by atoms with E-state index in [9.17, 15) is 9.59 Å². The number of carbonyl (C=O) groups is 2. The van der Waals surface area contributed by atoms with Crippen LogP contribution in [0.4, 0.5) is 5.69 Å². The number of nitrogens with zero attached hydrogens (tertiary/aromatic N) is 1. The summed E-state index contributed by atoms with van der Waals surface area (Å²) in [5, 5.41) is 2.81. The standard InChI is InChI=1S/C14H18Br2N2O3/c1-3-18(9-14(20)21-4-2)8-13(19)17-12-6-5-10(15)7-11(12)16/h5-7H,3-4,8-9H2,1-2H3,(H,17,19). The summed E-state index contributed by atoms with van der Waals surface area (Å²) >= 11 is 6.74. The van der Waals surface area contributed by atoms with Crippen LogP contribution in [0.5, 0.6) is 0 Å². The Kier molecular flexibility index (Phi) is 7.92. The second-order valence-corrected chi connectivity index (χ2v) is 6.05. The summed E-state index contributed by atoms with van der Waals surface area (Å²) in [5.74, 6) is -0.499. The van der Waals surface area contributed by atoms with Gasteiger partial charge in [-0.25, -0.2) is 0 Å². The highest BCUT2D eigenvalue weighted by Crippen LogP contribution is 2.26. The van der Waals surface area contributed by atoms with E-state index >= 15 is 0 Å². The molecule has 0 saturated carbocycles. The van der Waals surface area contributed by atoms with Gasteiger partial charge in [-0.2, -0.15) is 0 Å². The number of anilines is 1. The van der Waals surface area contributed by atoms with Crippen molar-refractivity contribution in [1.82, 2.24) is 4.90 Å². The first-order chi connectivity index (χ1) is 9.96. The van der Waals surface area contributed by atoms with Crippen LogP contribution in [-0.2, 0) is 14.3 Å². The van der Waals surface area contributed by atoms with Crippen molar-refractivity contribution in [1.29, 1.82) is 0 Å². The Bertz CT molecular complexity index is 509. The average molecular weight is 422 g/mol. The van der Waals surface area contributed by atoms with Gasteiger partial charge in [0.2, 0.25) is 5.91 Å². The summed E-state index contributed by atoms with van der Waals surface area (Å²) in [6, 6.07) is 5.50. The van der Waals surface area contributed by atoms with Crippen LogP contribution in [0.1, 0.15) is 13.8 Å². The quantitative estimate of drug-likeness (QED) is 0.687. The molecule has 0 atom stereocenters. The topological polar surface area (TPSA) is 58.6 Å². The zero-order chi connectivity index (χ0) is 15.8. The maximum absolute atomic E-state index is 12.0. The molecule has 116 valence electrons. The van der Waals surface area contributed by atoms with E-state index in [1.54, 1.807) is 17.9 Å². The summed E-state index contributed by atoms with van der Waals surface area (Å²) < 4.78 is 6.59. The molecule has 0 spiro atoms. The molecule has 1 rings (SSSR count). The zero-order valence-corrected chi connectivity index (χ0v) is 15.2. The number of nitrogens with one attached hydrogen (secondary N) is 1. The van der Waals surface area contributed by atoms with Gasteiger partial charge in [0.05, 0.1) is 25.4 Å². The van der Waals surface area contributed by atoms with E-state index in [0.29, 0.717) is 18.8 Å². The van der Waals surface area contributed by atoms with Crippen molar-refractivity contribution >= 4 is 49.4 Å². The molecule has 0 aliphatic rings. The molecular weight excluding hydrogens is 404 g/mol. The van der Waals surface area contributed by atoms with E-state index in [1.165, 1.54) is 0 Å². The molecule has 1 aromatic carbocycles. The first-order valence-electron chi connectivity index (χ1n) is 6.59. The van der Waals surface area contributed by atoms with E-state index in [1.807, 2.05) is 19.1 Å². The van der Waals surface area contributed by atoms with Gasteiger partial charge in [-0.1, -0.05) is 22.9 Å². The molecule has 1 N–H and O–H groups in total. The van der Waals surface area contributed by atoms with Crippen molar-refractivity contribution in [2.24, 2.45) is 0 Å². The molecule has 0 fully saturated rings. The summed E-state index contributed by atoms with van der Waals surface area (Å²) in [6.07, 6.45) is 0. The number of halogens is 2. The maximum Gasteiger partial charge on any atom is 0.320 e. The molecule has 0 heterocycles. The monoisotopic (exact) mass is 420 g/mol. The number of rotatable bonds is 7. The summed E-state index contributed by atoms with van der Waals surface area (Å²) in [7, 11) is 0. The van der Waals surface area contributed by atoms with Crippen LogP contribution < -0.4 is 5.32 Å². The number of hydrogen-bond donors (Lipinski definition) is 1. The van der Waals surface area contributed by atoms with E-state index in [2.05, 4.69) is 37.2 Å². The third-order valence-corrected chi connectivity index (χ3v) is 3.83. The molecule has 0 unspecified atom stereocenters. The molecule has 21 heavy (non-hydrogen) atoms. The lowest BCUT2D eigenvalue weighted by Gasteiger charge is -2.19. The molecule has 0 saturated heterocycles. The number of amides is 1. The number of ether oxygens (including phenoxy) is 1. The fourth-order valence-electron chi connectivity index (χ4n) is 1.65. The largest absolute Gasteiger partial charge is 0.465 e. The molecule has 1 amide bonds. The van der Waals surface area contributed by atoms with Crippen molar-refractivity contribution in [2.75, 3.05) is 31.6 Å². The van der Waals surface area contributed by atoms with Gasteiger partial charge in [0.15, 0.2) is 0 Å². The lowest BCUT2D eigenvalue weighted by molar-refractivity contribution is -0.144. The summed E-state index contributed by atoms with van der Waals surface area (Å²) in [4.78, 5) is 25.2. The molecule has 1 aromatic rings. The highest BCUT2D eigenvalue weighted by Gasteiger charge is 2.14. The van der Waals surface area contributed by atoms with Gasteiger partial charge < -0.3 is 10.1 Å². The highest BCUT2D eigenvalue weighted by atomic mass is 79.9. The lowest BCUT2D eigenvalue weighted by atomic mass is 10.3. The molecule has 7 heteroatoms. The van der Waals surface area contributed by atoms with Crippen molar-refractivity contribution in [2.45, 2.75) is 13.8 Å². The second kappa shape index (κ2) is 9.17. The van der Waals surface area contributed by atoms with Crippen molar-refractivity contribution in [3.63, 3.8) is 0 Å². The van der Waals surface area contributed by atoms with Gasteiger partial charge in [0.25, 0.3) is 0 Å². The number of hydrogen-bond acceptors (Lipinski definition) is 4. The third-order valence-electron chi connectivity index (χ3n) is 2.68. The molecule has 0 bridgehead atoms. The molecule has 0 aliphatic carbocycles. The number of carbonyl (C=O) groups excluding carboxylic acids is 2. The van der Waals surface area contributed by atoms with Gasteiger partial charge in [0.1, 0.15) is 0 Å². The highest BCUT2D eigenvalue weighted by molar-refractivity contribution is 9.11. The van der Waals surface area contributed by atoms with E-state index in [4.69, 9.17) is 4.74 Å². The predicted molar refractivity (Wildman–Crippen MR) is 89.2 cm³/mol. The van der Waals surface area contributed by atoms with Crippen LogP contribution in [0.2, 0.25) is 0 Å². The van der Waals surface area contributed by atoms with Gasteiger partial charge in [-0.15, -0.1) is 0 Å². The van der Waals surface area contributed by atoms with Crippen LogP contribution in [0, 0.1) is 0 Å². The third kappa shape index (κ3) is 6.58. The normalized spacial score (nSPS) is 10.5. The number of benzene rings is 1. The van der Waals surface area contributed by atoms with E-state index in [-0.39, 0.29) is 25.0 Å². The fraction of sp³-hybridized carbons (Fsp3) is 0.429. The zero-order valence-electron chi connectivity index (χ0n) is 12.0. The lowest BCUT2D eigenvalue weighted by Crippen LogP contribution is -2.37. The molecular formula is C14H18Br2N2O3. The molecule has 5 nitrogen and oxygen atoms in total. The van der Waals surface area contributed by atoms with Crippen LogP contribution in [0.25, 0.3) is 0 Å². The van der Waals surface area contributed by atoms with E-state index < -0.39 is 0 Å². The van der Waals surface area contributed by atoms with Gasteiger partial charge >= 0.3 is 5.97 Å². The first kappa shape index (κ1) is 18.1. The Morgan fingerprint density at radius 3 is 2.52 bits per heavy atom. The van der Waals surface area contributed by atoms with Crippen LogP contribution >= 0.6 is 31.9 Å². The molecule has 0 radical (unpaired) electrons. The Balaban J connectivity index is 2.56. The summed E-state index contributed by atoms with van der Waals surface area (Å²) in [6.45, 7) is 4.83. The summed E-state index contributed by atoms with van der Waals surface area (Å²) in [5.41, 5.74) is 0.690. The van der Waals surface area contributed by atoms with Crippen molar-refractivity contribution in [3.8, 4) is 0 Å². The minimum Gasteiger partial charge on any atom is -0.465 e. The minimum absolute atomic E-state index is 0.110. The first-order valence-corrected chi connectivity index (χ1v) is 8.17. The minimum atomic E-state index is -0.322. The van der Waals surface area contributed by atoms with Crippen LogP contribution in [-0.4, -0.2) is 43.0 Å².